The summed E-state index contributed by atoms with van der Waals surface area (Å²) in [5.74, 6) is -4.44. The Morgan fingerprint density at radius 1 is 0.833 bits per heavy atom. The zero-order valence-electron chi connectivity index (χ0n) is 33.1. The Labute approximate surface area is 172 Å². The van der Waals surface area contributed by atoms with Crippen LogP contribution in [0.2, 0.25) is 0 Å². The molecule has 0 saturated carbocycles. The van der Waals surface area contributed by atoms with Crippen LogP contribution >= 0.6 is 0 Å². The number of allylic oxidation sites excluding steroid dienone is 2. The van der Waals surface area contributed by atoms with Crippen LogP contribution in [0.25, 0.3) is 0 Å². The number of carbonyl (C=O) groups excluding carboxylic acids is 2. The lowest BCUT2D eigenvalue weighted by atomic mass is 9.89. The van der Waals surface area contributed by atoms with Gasteiger partial charge in [-0.3, -0.25) is 9.59 Å². The first-order valence-corrected chi connectivity index (χ1v) is 6.36. The molecule has 0 aliphatic heterocycles. The highest BCUT2D eigenvalue weighted by Crippen LogP contribution is 2.28. The van der Waals surface area contributed by atoms with Crippen molar-refractivity contribution in [2.24, 2.45) is 0 Å². The minimum absolute atomic E-state index is 0.735. The van der Waals surface area contributed by atoms with Crippen LogP contribution in [0.5, 0.6) is 0 Å². The Morgan fingerprint density at radius 2 is 1.29 bits per heavy atom. The molecule has 0 saturated heterocycles. The molecule has 24 heavy (non-hydrogen) atoms. The zero-order valence-corrected chi connectivity index (χ0v) is 13.1. The highest BCUT2D eigenvalue weighted by Gasteiger charge is 2.34. The molecule has 136 valence electrons. The SMILES string of the molecule is [2H]C([2H])(O)C([2H])([2H])C([2H])([2H])C([2H])([2H])C([2H])([2H])C([2H])([2H])C([2H])([2H])C([2H])([2H])C([2H])([2H])C([2H])([2H])C1=C(C)C(=O)C(OC)=C(OC)C1=O. The summed E-state index contributed by atoms with van der Waals surface area (Å²) in [5.41, 5.74) is -2.25. The molecular formula is C19H30O5. The maximum atomic E-state index is 13.1. The van der Waals surface area contributed by atoms with Gasteiger partial charge in [0.15, 0.2) is 0 Å². The van der Waals surface area contributed by atoms with Crippen molar-refractivity contribution < 1.29 is 51.6 Å². The summed E-state index contributed by atoms with van der Waals surface area (Å²) in [6.45, 7) is -3.41. The average molecular weight is 359 g/mol. The molecule has 0 amide bonds. The molecule has 0 aromatic rings. The maximum Gasteiger partial charge on any atom is 0.228 e. The number of rotatable bonds is 12. The summed E-state index contributed by atoms with van der Waals surface area (Å²) in [4.78, 5) is 25.9. The standard InChI is InChI=1S/C19H30O5/c1-14-15(12-10-8-6-4-5-7-9-11-13-20)17(22)19(24-3)18(23-2)16(14)21/h20H,4-13H2,1-3H3/i4D2,5D2,6D2,7D2,8D2,9D2,10D2,11D2,12D2,13D2. The zero-order chi connectivity index (χ0) is 35.9. The third-order valence-corrected chi connectivity index (χ3v) is 2.65. The second-order valence-corrected chi connectivity index (χ2v) is 3.96. The normalized spacial score (nSPS) is 33.7. The number of carbonyl (C=O) groups is 2. The van der Waals surface area contributed by atoms with Crippen LogP contribution in [0.1, 0.15) is 91.7 Å². The smallest absolute Gasteiger partial charge is 0.228 e. The molecule has 0 aromatic carbocycles. The Kier molecular flexibility index (Phi) is 2.62. The molecule has 0 heterocycles. The van der Waals surface area contributed by atoms with E-state index in [0.29, 0.717) is 0 Å². The van der Waals surface area contributed by atoms with E-state index < -0.39 is 98.1 Å². The lowest BCUT2D eigenvalue weighted by molar-refractivity contribution is -0.121. The van der Waals surface area contributed by atoms with Gasteiger partial charge < -0.3 is 14.6 Å². The number of ether oxygens (including phenoxy) is 2. The summed E-state index contributed by atoms with van der Waals surface area (Å²) >= 11 is 0. The molecule has 1 aliphatic rings. The molecule has 5 nitrogen and oxygen atoms in total. The number of ketones is 2. The van der Waals surface area contributed by atoms with Crippen molar-refractivity contribution in [3.8, 4) is 0 Å². The second kappa shape index (κ2) is 11.0. The number of hydrogen-bond acceptors (Lipinski definition) is 5. The van der Waals surface area contributed by atoms with E-state index in [2.05, 4.69) is 0 Å². The lowest BCUT2D eigenvalue weighted by Crippen LogP contribution is -2.25. The van der Waals surface area contributed by atoms with Gasteiger partial charge in [-0.1, -0.05) is 38.2 Å². The summed E-state index contributed by atoms with van der Waals surface area (Å²) in [5, 5.41) is 9.49. The van der Waals surface area contributed by atoms with Crippen LogP contribution in [0.15, 0.2) is 22.7 Å². The Morgan fingerprint density at radius 3 is 1.79 bits per heavy atom. The summed E-state index contributed by atoms with van der Waals surface area (Å²) in [6.07, 6.45) is -41.0. The first-order valence-electron chi connectivity index (χ1n) is 16.4. The topological polar surface area (TPSA) is 72.8 Å². The number of hydrogen-bond donors (Lipinski definition) is 1. The molecule has 0 unspecified atom stereocenters. The van der Waals surface area contributed by atoms with E-state index in [0.717, 1.165) is 21.1 Å². The third kappa shape index (κ3) is 5.48. The quantitative estimate of drug-likeness (QED) is 0.541. The largest absolute Gasteiger partial charge is 0.489 e. The maximum absolute atomic E-state index is 13.1. The molecule has 0 radical (unpaired) electrons. The highest BCUT2D eigenvalue weighted by molar-refractivity contribution is 6.23. The van der Waals surface area contributed by atoms with Gasteiger partial charge in [0.05, 0.1) is 17.0 Å². The number of methoxy groups -OCH3 is 2. The van der Waals surface area contributed by atoms with E-state index in [9.17, 15) is 14.7 Å². The van der Waals surface area contributed by atoms with Crippen molar-refractivity contribution in [3.63, 3.8) is 0 Å². The molecule has 0 atom stereocenters. The lowest BCUT2D eigenvalue weighted by Gasteiger charge is -2.20. The predicted octanol–water partition coefficient (Wildman–Crippen LogP) is 3.46. The molecule has 1 rings (SSSR count). The van der Waals surface area contributed by atoms with Gasteiger partial charge in [-0.15, -0.1) is 0 Å². The van der Waals surface area contributed by atoms with Crippen LogP contribution in [0.3, 0.4) is 0 Å². The molecule has 1 aliphatic carbocycles. The Hall–Kier alpha value is -1.62. The fraction of sp³-hybridized carbons (Fsp3) is 0.684. The van der Waals surface area contributed by atoms with Gasteiger partial charge in [0, 0.05) is 42.4 Å². The van der Waals surface area contributed by atoms with Gasteiger partial charge >= 0.3 is 0 Å². The van der Waals surface area contributed by atoms with Gasteiger partial charge in [-0.2, -0.15) is 0 Å². The van der Waals surface area contributed by atoms with Gasteiger partial charge in [0.2, 0.25) is 23.1 Å². The van der Waals surface area contributed by atoms with Crippen molar-refractivity contribution in [1.82, 2.24) is 0 Å². The van der Waals surface area contributed by atoms with Crippen LogP contribution in [-0.4, -0.2) is 37.5 Å². The van der Waals surface area contributed by atoms with Crippen molar-refractivity contribution in [2.75, 3.05) is 20.8 Å². The van der Waals surface area contributed by atoms with E-state index in [4.69, 9.17) is 36.9 Å². The van der Waals surface area contributed by atoms with Crippen molar-refractivity contribution in [1.29, 1.82) is 0 Å². The second-order valence-electron chi connectivity index (χ2n) is 3.96. The Bertz CT molecular complexity index is 1260. The van der Waals surface area contributed by atoms with E-state index in [1.807, 2.05) is 0 Å². The van der Waals surface area contributed by atoms with Crippen LogP contribution in [0.4, 0.5) is 0 Å². The molecule has 0 bridgehead atoms. The minimum atomic E-state index is -4.78. The minimum Gasteiger partial charge on any atom is -0.489 e. The van der Waals surface area contributed by atoms with Crippen LogP contribution in [-0.2, 0) is 19.1 Å². The number of Topliss-reactive ketones (excluding diaryl/α,β-unsaturated/α-hetero) is 2. The number of aliphatic hydroxyl groups is 1. The molecular weight excluding hydrogens is 308 g/mol. The first-order chi connectivity index (χ1) is 19.0. The molecule has 1 N–H and O–H groups in total. The summed E-state index contributed by atoms with van der Waals surface area (Å²) < 4.78 is 170. The molecule has 0 spiro atoms. The summed E-state index contributed by atoms with van der Waals surface area (Å²) in [7, 11) is 1.80. The first kappa shape index (κ1) is 5.70. The van der Waals surface area contributed by atoms with E-state index >= 15 is 0 Å². The molecule has 0 fully saturated rings. The van der Waals surface area contributed by atoms with Crippen molar-refractivity contribution >= 4 is 11.6 Å². The average Bonchev–Trinajstić information content (AvgIpc) is 2.84. The van der Waals surface area contributed by atoms with Crippen LogP contribution < -0.4 is 0 Å². The van der Waals surface area contributed by atoms with Gasteiger partial charge in [-0.25, -0.2) is 0 Å². The summed E-state index contributed by atoms with van der Waals surface area (Å²) in [6, 6.07) is 0. The van der Waals surface area contributed by atoms with Crippen molar-refractivity contribution in [3.05, 3.63) is 22.7 Å². The predicted molar refractivity (Wildman–Crippen MR) is 92.4 cm³/mol. The van der Waals surface area contributed by atoms with Gasteiger partial charge in [0.25, 0.3) is 0 Å². The van der Waals surface area contributed by atoms with E-state index in [1.165, 1.54) is 0 Å². The molecule has 5 heteroatoms. The van der Waals surface area contributed by atoms with Gasteiger partial charge in [-0.05, 0) is 26.0 Å². The van der Waals surface area contributed by atoms with E-state index in [-0.39, 0.29) is 0 Å². The fourth-order valence-electron chi connectivity index (χ4n) is 1.60. The van der Waals surface area contributed by atoms with E-state index in [1.54, 1.807) is 0 Å². The van der Waals surface area contributed by atoms with Gasteiger partial charge in [0.1, 0.15) is 0 Å². The third-order valence-electron chi connectivity index (χ3n) is 2.65. The molecule has 0 aromatic heterocycles. The van der Waals surface area contributed by atoms with Crippen molar-refractivity contribution in [2.45, 2.75) is 64.3 Å². The Balaban J connectivity index is 3.98. The fourth-order valence-corrected chi connectivity index (χ4v) is 1.60. The van der Waals surface area contributed by atoms with Crippen LogP contribution in [0, 0.1) is 0 Å². The highest BCUT2D eigenvalue weighted by atomic mass is 16.5. The monoisotopic (exact) mass is 358 g/mol.